The summed E-state index contributed by atoms with van der Waals surface area (Å²) in [6, 6.07) is 2.89. The fourth-order valence-electron chi connectivity index (χ4n) is 1.52. The molecule has 0 aliphatic carbocycles. The summed E-state index contributed by atoms with van der Waals surface area (Å²) >= 11 is 0. The van der Waals surface area contributed by atoms with E-state index in [1.807, 2.05) is 0 Å². The van der Waals surface area contributed by atoms with Crippen molar-refractivity contribution in [2.24, 2.45) is 0 Å². The number of rotatable bonds is 6. The Labute approximate surface area is 106 Å². The van der Waals surface area contributed by atoms with Crippen molar-refractivity contribution in [3.05, 3.63) is 35.4 Å². The lowest BCUT2D eigenvalue weighted by molar-refractivity contribution is 0.534. The van der Waals surface area contributed by atoms with Crippen molar-refractivity contribution in [1.29, 1.82) is 0 Å². The molecule has 3 nitrogen and oxygen atoms in total. The van der Waals surface area contributed by atoms with Gasteiger partial charge in [0.1, 0.15) is 11.6 Å². The Kier molecular flexibility index (Phi) is 5.22. The van der Waals surface area contributed by atoms with E-state index in [0.717, 1.165) is 18.2 Å². The monoisotopic (exact) mass is 277 g/mol. The zero-order chi connectivity index (χ0) is 13.8. The van der Waals surface area contributed by atoms with Gasteiger partial charge in [-0.3, -0.25) is 0 Å². The number of sulfone groups is 1. The molecular weight excluding hydrogens is 260 g/mol. The lowest BCUT2D eigenvalue weighted by atomic mass is 10.2. The van der Waals surface area contributed by atoms with Crippen molar-refractivity contribution in [2.45, 2.75) is 26.4 Å². The highest BCUT2D eigenvalue weighted by Crippen LogP contribution is 2.09. The van der Waals surface area contributed by atoms with Crippen LogP contribution in [0.1, 0.15) is 19.4 Å². The lowest BCUT2D eigenvalue weighted by Crippen LogP contribution is -2.33. The molecule has 6 heteroatoms. The molecule has 0 aromatic heterocycles. The Morgan fingerprint density at radius 3 is 2.61 bits per heavy atom. The Bertz CT molecular complexity index is 503. The third-order valence-electron chi connectivity index (χ3n) is 2.59. The predicted molar refractivity (Wildman–Crippen MR) is 67.0 cm³/mol. The molecule has 18 heavy (non-hydrogen) atoms. The summed E-state index contributed by atoms with van der Waals surface area (Å²) in [4.78, 5) is 0. The van der Waals surface area contributed by atoms with Gasteiger partial charge in [-0.2, -0.15) is 0 Å². The number of benzene rings is 1. The van der Waals surface area contributed by atoms with E-state index in [-0.39, 0.29) is 29.7 Å². The smallest absolute Gasteiger partial charge is 0.151 e. The van der Waals surface area contributed by atoms with Gasteiger partial charge in [0, 0.05) is 23.9 Å². The van der Waals surface area contributed by atoms with Gasteiger partial charge in [-0.25, -0.2) is 17.2 Å². The van der Waals surface area contributed by atoms with Crippen molar-refractivity contribution in [3.8, 4) is 0 Å². The molecule has 0 radical (unpaired) electrons. The Hall–Kier alpha value is -1.01. The maximum atomic E-state index is 13.3. The summed E-state index contributed by atoms with van der Waals surface area (Å²) in [5, 5.41) is 2.87. The first-order valence-electron chi connectivity index (χ1n) is 5.72. The van der Waals surface area contributed by atoms with Gasteiger partial charge >= 0.3 is 0 Å². The molecular formula is C12H17F2NO2S. The van der Waals surface area contributed by atoms with E-state index >= 15 is 0 Å². The second-order valence-corrected chi connectivity index (χ2v) is 6.61. The average molecular weight is 277 g/mol. The molecule has 0 saturated heterocycles. The van der Waals surface area contributed by atoms with Crippen LogP contribution in [0.3, 0.4) is 0 Å². The number of halogens is 2. The number of hydrogen-bond donors (Lipinski definition) is 1. The molecule has 1 rings (SSSR count). The van der Waals surface area contributed by atoms with Crippen molar-refractivity contribution in [2.75, 3.05) is 11.5 Å². The van der Waals surface area contributed by atoms with Crippen molar-refractivity contribution in [3.63, 3.8) is 0 Å². The number of nitrogens with one attached hydrogen (secondary N) is 1. The summed E-state index contributed by atoms with van der Waals surface area (Å²) < 4.78 is 48.9. The first-order valence-corrected chi connectivity index (χ1v) is 7.54. The van der Waals surface area contributed by atoms with Gasteiger partial charge in [-0.15, -0.1) is 0 Å². The van der Waals surface area contributed by atoms with E-state index in [1.54, 1.807) is 13.8 Å². The van der Waals surface area contributed by atoms with Crippen LogP contribution in [0.4, 0.5) is 8.78 Å². The van der Waals surface area contributed by atoms with Crippen LogP contribution in [0, 0.1) is 11.6 Å². The van der Waals surface area contributed by atoms with Crippen LogP contribution in [0.2, 0.25) is 0 Å². The molecule has 102 valence electrons. The van der Waals surface area contributed by atoms with Gasteiger partial charge in [0.25, 0.3) is 0 Å². The van der Waals surface area contributed by atoms with E-state index in [4.69, 9.17) is 0 Å². The molecule has 0 bridgehead atoms. The molecule has 1 atom stereocenters. The summed E-state index contributed by atoms with van der Waals surface area (Å²) in [5.41, 5.74) is 0.191. The van der Waals surface area contributed by atoms with Crippen LogP contribution in [-0.4, -0.2) is 26.0 Å². The summed E-state index contributed by atoms with van der Waals surface area (Å²) in [5.74, 6) is -0.954. The molecule has 0 aliphatic heterocycles. The van der Waals surface area contributed by atoms with Crippen LogP contribution in [0.5, 0.6) is 0 Å². The van der Waals surface area contributed by atoms with Gasteiger partial charge in [0.2, 0.25) is 0 Å². The summed E-state index contributed by atoms with van der Waals surface area (Å²) in [6.07, 6.45) is 0. The Morgan fingerprint density at radius 2 is 2.00 bits per heavy atom. The molecule has 0 spiro atoms. The van der Waals surface area contributed by atoms with Gasteiger partial charge in [-0.05, 0) is 25.1 Å². The quantitative estimate of drug-likeness (QED) is 0.863. The highest BCUT2D eigenvalue weighted by Gasteiger charge is 2.14. The first kappa shape index (κ1) is 15.0. The standard InChI is InChI=1S/C12H17F2NO2S/c1-3-18(16,17)8-9(2)15-7-10-6-11(13)4-5-12(10)14/h4-6,9,15H,3,7-8H2,1-2H3. The highest BCUT2D eigenvalue weighted by atomic mass is 32.2. The minimum absolute atomic E-state index is 0.0135. The molecule has 1 N–H and O–H groups in total. The van der Waals surface area contributed by atoms with E-state index in [1.165, 1.54) is 0 Å². The van der Waals surface area contributed by atoms with E-state index in [2.05, 4.69) is 5.32 Å². The SMILES string of the molecule is CCS(=O)(=O)CC(C)NCc1cc(F)ccc1F. The normalized spacial score (nSPS) is 13.6. The molecule has 1 aromatic rings. The highest BCUT2D eigenvalue weighted by molar-refractivity contribution is 7.91. The van der Waals surface area contributed by atoms with E-state index in [9.17, 15) is 17.2 Å². The third kappa shape index (κ3) is 4.70. The second-order valence-electron chi connectivity index (χ2n) is 4.22. The Balaban J connectivity index is 2.57. The van der Waals surface area contributed by atoms with Gasteiger partial charge < -0.3 is 5.32 Å². The van der Waals surface area contributed by atoms with Crippen molar-refractivity contribution in [1.82, 2.24) is 5.32 Å². The minimum atomic E-state index is -3.07. The zero-order valence-corrected chi connectivity index (χ0v) is 11.2. The van der Waals surface area contributed by atoms with Crippen LogP contribution in [0.25, 0.3) is 0 Å². The molecule has 0 saturated carbocycles. The van der Waals surface area contributed by atoms with Crippen LogP contribution < -0.4 is 5.32 Å². The van der Waals surface area contributed by atoms with Gasteiger partial charge in [-0.1, -0.05) is 6.92 Å². The summed E-state index contributed by atoms with van der Waals surface area (Å²) in [7, 11) is -3.07. The molecule has 1 aromatic carbocycles. The number of hydrogen-bond acceptors (Lipinski definition) is 3. The summed E-state index contributed by atoms with van der Waals surface area (Å²) in [6.45, 7) is 3.38. The Morgan fingerprint density at radius 1 is 1.33 bits per heavy atom. The van der Waals surface area contributed by atoms with Crippen molar-refractivity contribution < 1.29 is 17.2 Å². The zero-order valence-electron chi connectivity index (χ0n) is 10.4. The molecule has 0 fully saturated rings. The molecule has 0 aliphatic rings. The maximum absolute atomic E-state index is 13.3. The predicted octanol–water partition coefficient (Wildman–Crippen LogP) is 1.88. The maximum Gasteiger partial charge on any atom is 0.151 e. The largest absolute Gasteiger partial charge is 0.309 e. The first-order chi connectivity index (χ1) is 8.34. The molecule has 0 amide bonds. The van der Waals surface area contributed by atoms with Crippen LogP contribution >= 0.6 is 0 Å². The molecule has 0 heterocycles. The van der Waals surface area contributed by atoms with Crippen molar-refractivity contribution >= 4 is 9.84 Å². The van der Waals surface area contributed by atoms with E-state index in [0.29, 0.717) is 0 Å². The van der Waals surface area contributed by atoms with Gasteiger partial charge in [0.15, 0.2) is 9.84 Å². The fraction of sp³-hybridized carbons (Fsp3) is 0.500. The van der Waals surface area contributed by atoms with Crippen LogP contribution in [-0.2, 0) is 16.4 Å². The lowest BCUT2D eigenvalue weighted by Gasteiger charge is -2.14. The minimum Gasteiger partial charge on any atom is -0.309 e. The van der Waals surface area contributed by atoms with Gasteiger partial charge in [0.05, 0.1) is 5.75 Å². The molecule has 1 unspecified atom stereocenters. The van der Waals surface area contributed by atoms with Crippen LogP contribution in [0.15, 0.2) is 18.2 Å². The third-order valence-corrected chi connectivity index (χ3v) is 4.48. The fourth-order valence-corrected chi connectivity index (χ4v) is 2.64. The van der Waals surface area contributed by atoms with E-state index < -0.39 is 21.5 Å². The second kappa shape index (κ2) is 6.24. The topological polar surface area (TPSA) is 46.2 Å². The average Bonchev–Trinajstić information content (AvgIpc) is 2.30.